The summed E-state index contributed by atoms with van der Waals surface area (Å²) in [6.07, 6.45) is 6.06. The van der Waals surface area contributed by atoms with Crippen LogP contribution in [-0.4, -0.2) is 62.4 Å². The third-order valence-corrected chi connectivity index (χ3v) is 6.88. The van der Waals surface area contributed by atoms with E-state index in [0.29, 0.717) is 31.0 Å². The fourth-order valence-corrected chi connectivity index (χ4v) is 4.77. The van der Waals surface area contributed by atoms with E-state index in [4.69, 9.17) is 9.47 Å². The highest BCUT2D eigenvalue weighted by Crippen LogP contribution is 2.27. The zero-order chi connectivity index (χ0) is 22.2. The molecule has 0 aliphatic carbocycles. The maximum absolute atomic E-state index is 13.5. The van der Waals surface area contributed by atoms with Crippen molar-refractivity contribution in [1.29, 1.82) is 0 Å². The lowest BCUT2D eigenvalue weighted by Crippen LogP contribution is -2.52. The van der Waals surface area contributed by atoms with Gasteiger partial charge in [0.25, 0.3) is 0 Å². The lowest BCUT2D eigenvalue weighted by molar-refractivity contribution is -0.137. The topological polar surface area (TPSA) is 50.8 Å². The third-order valence-electron chi connectivity index (χ3n) is 6.88. The van der Waals surface area contributed by atoms with Gasteiger partial charge in [-0.1, -0.05) is 57.2 Å². The Labute approximate surface area is 188 Å². The van der Waals surface area contributed by atoms with Gasteiger partial charge in [0.2, 0.25) is 5.91 Å². The molecule has 2 aliphatic rings. The zero-order valence-electron chi connectivity index (χ0n) is 19.7. The number of hydrogen-bond acceptors (Lipinski definition) is 4. The molecule has 1 aromatic carbocycles. The Hall–Kier alpha value is -1.69. The van der Waals surface area contributed by atoms with Crippen molar-refractivity contribution in [2.75, 3.05) is 33.4 Å². The molecule has 1 amide bonds. The summed E-state index contributed by atoms with van der Waals surface area (Å²) in [5.74, 6) is 0.648. The Morgan fingerprint density at radius 1 is 1.29 bits per heavy atom. The number of hydrogen-bond donors (Lipinski definition) is 1. The summed E-state index contributed by atoms with van der Waals surface area (Å²) in [4.78, 5) is 15.5. The van der Waals surface area contributed by atoms with E-state index in [9.17, 15) is 4.79 Å². The van der Waals surface area contributed by atoms with Crippen LogP contribution in [0, 0.1) is 11.8 Å². The van der Waals surface area contributed by atoms with Crippen LogP contribution in [0.1, 0.15) is 52.0 Å². The number of carbonyl (C=O) groups is 1. The van der Waals surface area contributed by atoms with E-state index < -0.39 is 0 Å². The van der Waals surface area contributed by atoms with Crippen LogP contribution in [0.2, 0.25) is 0 Å². The van der Waals surface area contributed by atoms with Crippen LogP contribution in [0.25, 0.3) is 5.57 Å². The van der Waals surface area contributed by atoms with Gasteiger partial charge in [-0.2, -0.15) is 0 Å². The molecule has 1 N–H and O–H groups in total. The van der Waals surface area contributed by atoms with E-state index in [1.54, 1.807) is 7.11 Å². The molecule has 5 heteroatoms. The van der Waals surface area contributed by atoms with Gasteiger partial charge in [0, 0.05) is 44.8 Å². The molecule has 0 radical (unpaired) electrons. The minimum absolute atomic E-state index is 0.0324. The molecule has 1 fully saturated rings. The molecule has 172 valence electrons. The largest absolute Gasteiger partial charge is 0.379 e. The molecule has 4 unspecified atom stereocenters. The standard InChI is InChI=1S/C26H40N2O3/c1-5-22(27-24-13-16-31-18-25(24)30-4)17-23(19(2)3)26(29)28-14-11-21(12-15-28)20-9-7-6-8-10-20/h6-11,19,22-25,27H,5,12-18H2,1-4H3. The molecule has 2 heterocycles. The fraction of sp³-hybridized carbons (Fsp3) is 0.654. The number of amides is 1. The smallest absolute Gasteiger partial charge is 0.226 e. The third kappa shape index (κ3) is 6.41. The molecule has 0 saturated carbocycles. The molecule has 31 heavy (non-hydrogen) atoms. The summed E-state index contributed by atoms with van der Waals surface area (Å²) in [7, 11) is 1.75. The highest BCUT2D eigenvalue weighted by molar-refractivity contribution is 5.80. The lowest BCUT2D eigenvalue weighted by Gasteiger charge is -2.37. The van der Waals surface area contributed by atoms with Crippen molar-refractivity contribution in [1.82, 2.24) is 10.2 Å². The summed E-state index contributed by atoms with van der Waals surface area (Å²) < 4.78 is 11.2. The average molecular weight is 429 g/mol. The Kier molecular flexibility index (Phi) is 9.12. The van der Waals surface area contributed by atoms with Crippen LogP contribution in [0.5, 0.6) is 0 Å². The minimum Gasteiger partial charge on any atom is -0.379 e. The fourth-order valence-electron chi connectivity index (χ4n) is 4.77. The highest BCUT2D eigenvalue weighted by atomic mass is 16.5. The average Bonchev–Trinajstić information content (AvgIpc) is 2.82. The van der Waals surface area contributed by atoms with E-state index in [-0.39, 0.29) is 18.1 Å². The first-order valence-electron chi connectivity index (χ1n) is 11.9. The molecular formula is C26H40N2O3. The second-order valence-corrected chi connectivity index (χ2v) is 9.23. The number of rotatable bonds is 9. The summed E-state index contributed by atoms with van der Waals surface area (Å²) in [5.41, 5.74) is 2.62. The zero-order valence-corrected chi connectivity index (χ0v) is 19.7. The number of benzene rings is 1. The Morgan fingerprint density at radius 2 is 2.06 bits per heavy atom. The minimum atomic E-state index is 0.0324. The van der Waals surface area contributed by atoms with E-state index in [1.165, 1.54) is 11.1 Å². The second kappa shape index (κ2) is 11.8. The second-order valence-electron chi connectivity index (χ2n) is 9.23. The van der Waals surface area contributed by atoms with Crippen molar-refractivity contribution >= 4 is 11.5 Å². The van der Waals surface area contributed by atoms with E-state index in [2.05, 4.69) is 61.3 Å². The first-order valence-corrected chi connectivity index (χ1v) is 11.9. The molecule has 0 spiro atoms. The van der Waals surface area contributed by atoms with E-state index in [0.717, 1.165) is 38.8 Å². The Balaban J connectivity index is 1.61. The van der Waals surface area contributed by atoms with Crippen molar-refractivity contribution in [3.63, 3.8) is 0 Å². The summed E-state index contributed by atoms with van der Waals surface area (Å²) in [6, 6.07) is 11.1. The van der Waals surface area contributed by atoms with Crippen LogP contribution in [0.3, 0.4) is 0 Å². The van der Waals surface area contributed by atoms with Gasteiger partial charge in [-0.25, -0.2) is 0 Å². The lowest BCUT2D eigenvalue weighted by atomic mass is 9.86. The Bertz CT molecular complexity index is 719. The molecule has 2 aliphatic heterocycles. The highest BCUT2D eigenvalue weighted by Gasteiger charge is 2.32. The number of methoxy groups -OCH3 is 1. The van der Waals surface area contributed by atoms with Gasteiger partial charge >= 0.3 is 0 Å². The molecule has 3 rings (SSSR count). The Morgan fingerprint density at radius 3 is 2.68 bits per heavy atom. The molecule has 0 bridgehead atoms. The maximum Gasteiger partial charge on any atom is 0.226 e. The quantitative estimate of drug-likeness (QED) is 0.642. The van der Waals surface area contributed by atoms with Crippen molar-refractivity contribution in [3.8, 4) is 0 Å². The van der Waals surface area contributed by atoms with Crippen molar-refractivity contribution < 1.29 is 14.3 Å². The summed E-state index contributed by atoms with van der Waals surface area (Å²) in [5, 5.41) is 3.79. The van der Waals surface area contributed by atoms with Gasteiger partial charge in [0.15, 0.2) is 0 Å². The van der Waals surface area contributed by atoms with Crippen LogP contribution in [0.4, 0.5) is 0 Å². The molecule has 0 aromatic heterocycles. The predicted molar refractivity (Wildman–Crippen MR) is 126 cm³/mol. The van der Waals surface area contributed by atoms with Crippen molar-refractivity contribution in [3.05, 3.63) is 42.0 Å². The normalized spacial score (nSPS) is 24.0. The van der Waals surface area contributed by atoms with Gasteiger partial charge in [0.1, 0.15) is 0 Å². The molecule has 5 nitrogen and oxygen atoms in total. The molecular weight excluding hydrogens is 388 g/mol. The van der Waals surface area contributed by atoms with Gasteiger partial charge in [-0.15, -0.1) is 0 Å². The van der Waals surface area contributed by atoms with Crippen LogP contribution in [0.15, 0.2) is 36.4 Å². The SMILES string of the molecule is CCC(CC(C(=O)N1CC=C(c2ccccc2)CC1)C(C)C)NC1CCOCC1OC. The molecule has 1 saturated heterocycles. The van der Waals surface area contributed by atoms with Gasteiger partial charge < -0.3 is 19.7 Å². The van der Waals surface area contributed by atoms with E-state index in [1.807, 2.05) is 6.07 Å². The number of nitrogens with one attached hydrogen (secondary N) is 1. The summed E-state index contributed by atoms with van der Waals surface area (Å²) >= 11 is 0. The number of ether oxygens (including phenoxy) is 2. The summed E-state index contributed by atoms with van der Waals surface area (Å²) in [6.45, 7) is 9.48. The number of nitrogens with zero attached hydrogens (tertiary/aromatic N) is 1. The van der Waals surface area contributed by atoms with E-state index >= 15 is 0 Å². The van der Waals surface area contributed by atoms with Gasteiger partial charge in [0.05, 0.1) is 12.7 Å². The van der Waals surface area contributed by atoms with Crippen molar-refractivity contribution in [2.24, 2.45) is 11.8 Å². The first kappa shape index (κ1) is 24.0. The predicted octanol–water partition coefficient (Wildman–Crippen LogP) is 4.14. The van der Waals surface area contributed by atoms with Gasteiger partial charge in [-0.3, -0.25) is 4.79 Å². The number of carbonyl (C=O) groups excluding carboxylic acids is 1. The molecule has 4 atom stereocenters. The maximum atomic E-state index is 13.5. The van der Waals surface area contributed by atoms with Crippen LogP contribution >= 0.6 is 0 Å². The monoisotopic (exact) mass is 428 g/mol. The molecule has 1 aromatic rings. The van der Waals surface area contributed by atoms with Crippen LogP contribution in [-0.2, 0) is 14.3 Å². The van der Waals surface area contributed by atoms with Crippen LogP contribution < -0.4 is 5.32 Å². The van der Waals surface area contributed by atoms with Gasteiger partial charge in [-0.05, 0) is 42.7 Å². The first-order chi connectivity index (χ1) is 15.0. The van der Waals surface area contributed by atoms with Crippen molar-refractivity contribution in [2.45, 2.75) is 64.6 Å².